The minimum atomic E-state index is -2.62. The molecule has 0 unspecified atom stereocenters. The van der Waals surface area contributed by atoms with Crippen LogP contribution in [0.1, 0.15) is 178 Å². The molecule has 0 bridgehead atoms. The van der Waals surface area contributed by atoms with Crippen molar-refractivity contribution in [3.05, 3.63) is 0 Å². The number of hydrogen-bond acceptors (Lipinski definition) is 3. The van der Waals surface area contributed by atoms with Crippen LogP contribution < -0.4 is 0 Å². The fourth-order valence-electron chi connectivity index (χ4n) is 5.73. The van der Waals surface area contributed by atoms with Crippen LogP contribution in [0.25, 0.3) is 0 Å². The van der Waals surface area contributed by atoms with Gasteiger partial charge in [0.2, 0.25) is 0 Å². The van der Waals surface area contributed by atoms with Gasteiger partial charge in [-0.3, -0.25) is 0 Å². The number of rotatable bonds is 27. The maximum Gasteiger partial charge on any atom is 0.324 e. The van der Waals surface area contributed by atoms with E-state index in [1.807, 2.05) is 0 Å². The first-order valence-corrected chi connectivity index (χ1v) is 28.2. The molecule has 0 spiro atoms. The monoisotopic (exact) mass is 683 g/mol. The number of hydrogen-bond donors (Lipinski definition) is 3. The lowest BCUT2D eigenvalue weighted by Gasteiger charge is -2.13. The molecule has 266 valence electrons. The van der Waals surface area contributed by atoms with Crippen molar-refractivity contribution in [2.24, 2.45) is 0 Å². The van der Waals surface area contributed by atoms with Gasteiger partial charge in [0.05, 0.1) is 0 Å². The number of unbranched alkanes of at least 4 members (excludes halogenated alkanes) is 9. The zero-order chi connectivity index (χ0) is 33.4. The van der Waals surface area contributed by atoms with Gasteiger partial charge < -0.3 is 14.7 Å². The topological polar surface area (TPSA) is 60.7 Å². The second-order valence-corrected chi connectivity index (χ2v) is 24.1. The van der Waals surface area contributed by atoms with Gasteiger partial charge in [-0.05, 0) is 0 Å². The Hall–Kier alpha value is 0.961. The molecule has 0 saturated heterocycles. The highest BCUT2D eigenvalue weighted by atomic mass is 31.2. The van der Waals surface area contributed by atoms with Gasteiger partial charge in [-0.2, -0.15) is 0 Å². The molecule has 0 heterocycles. The van der Waals surface area contributed by atoms with Gasteiger partial charge in [0, 0.05) is 26.4 Å². The maximum atomic E-state index is 7.23. The molecule has 43 heavy (non-hydrogen) atoms. The third-order valence-electron chi connectivity index (χ3n) is 8.69. The largest absolute Gasteiger partial charge is 0.328 e. The zero-order valence-corrected chi connectivity index (χ0v) is 36.0. The first-order valence-electron chi connectivity index (χ1n) is 19.6. The minimum absolute atomic E-state index is 0.287. The van der Waals surface area contributed by atoms with Gasteiger partial charge in [0.25, 0.3) is 0 Å². The van der Waals surface area contributed by atoms with Crippen LogP contribution in [0, 0.1) is 0 Å². The Morgan fingerprint density at radius 3 is 0.442 bits per heavy atom. The van der Waals surface area contributed by atoms with Crippen molar-refractivity contribution in [2.45, 2.75) is 232 Å². The Bertz CT molecular complexity index is 331. The quantitative estimate of drug-likeness (QED) is 0.0597. The zero-order valence-electron chi connectivity index (χ0n) is 31.6. The molecule has 0 aromatic carbocycles. The van der Waals surface area contributed by atoms with E-state index >= 15 is 0 Å². The average molecular weight is 683 g/mol. The van der Waals surface area contributed by atoms with Crippen molar-refractivity contribution in [2.75, 3.05) is 0 Å². The fraction of sp³-hybridized carbons (Fsp3) is 1.00. The van der Waals surface area contributed by atoms with Crippen molar-refractivity contribution in [3.63, 3.8) is 0 Å². The summed E-state index contributed by atoms with van der Waals surface area (Å²) in [5.74, 6) is 0. The van der Waals surface area contributed by atoms with Crippen molar-refractivity contribution >= 4 is 35.0 Å². The van der Waals surface area contributed by atoms with Gasteiger partial charge in [-0.25, -0.2) is 0 Å². The highest BCUT2D eigenvalue weighted by molar-refractivity contribution is 7.38. The van der Waals surface area contributed by atoms with Crippen molar-refractivity contribution < 1.29 is 14.7 Å². The molecule has 0 aliphatic carbocycles. The summed E-state index contributed by atoms with van der Waals surface area (Å²) in [5.41, 5.74) is 0. The van der Waals surface area contributed by atoms with Crippen LogP contribution in [-0.2, 0) is 0 Å². The van der Waals surface area contributed by atoms with Gasteiger partial charge in [0.1, 0.15) is 0 Å². The summed E-state index contributed by atoms with van der Waals surface area (Å²) in [4.78, 5) is 21.7. The third-order valence-corrected chi connectivity index (χ3v) is 19.7. The van der Waals surface area contributed by atoms with Crippen LogP contribution in [0.4, 0.5) is 0 Å². The molecule has 0 radical (unpaired) electrons. The second kappa shape index (κ2) is 47.4. The Morgan fingerprint density at radius 2 is 0.372 bits per heavy atom. The highest BCUT2D eigenvalue weighted by Gasteiger charge is 2.10. The van der Waals surface area contributed by atoms with Crippen LogP contribution in [0.3, 0.4) is 0 Å². The average Bonchev–Trinajstić information content (AvgIpc) is 3.00. The predicted octanol–water partition coefficient (Wildman–Crippen LogP) is 13.0. The van der Waals surface area contributed by atoms with Gasteiger partial charge in [-0.15, -0.1) is 0 Å². The van der Waals surface area contributed by atoms with Gasteiger partial charge in [0.15, 0.2) is 0 Å². The Kier molecular flexibility index (Phi) is 56.0. The molecule has 3 N–H and O–H groups in total. The summed E-state index contributed by atoms with van der Waals surface area (Å²) in [6, 6.07) is 14.6. The molecule has 0 aromatic rings. The minimum Gasteiger partial charge on any atom is -0.328 e. The van der Waals surface area contributed by atoms with Crippen LogP contribution in [-0.4, -0.2) is 41.1 Å². The van der Waals surface area contributed by atoms with E-state index in [1.165, 1.54) is 116 Å². The summed E-state index contributed by atoms with van der Waals surface area (Å²) < 4.78 is 0. The molecule has 0 aromatic heterocycles. The standard InChI is InChI=1S/3C12H28Si.H3O3P/c3*1-4-7-10-13(11-8-5-2)12-9-6-3;1-4(2)3/h3*13H,4-12H2,1-3H3;1-3H. The summed E-state index contributed by atoms with van der Waals surface area (Å²) in [6.07, 6.45) is 26.2. The third kappa shape index (κ3) is 52.8. The van der Waals surface area contributed by atoms with Crippen LogP contribution in [0.2, 0.25) is 54.4 Å². The van der Waals surface area contributed by atoms with Crippen LogP contribution in [0.5, 0.6) is 0 Å². The molecular weight excluding hydrogens is 596 g/mol. The SMILES string of the molecule is CCCC[SiH](CCCC)CCCC.CCCC[SiH](CCCC)CCCC.CCCC[SiH](CCCC)CCCC.OP(O)O. The van der Waals surface area contributed by atoms with Gasteiger partial charge >= 0.3 is 8.60 Å². The van der Waals surface area contributed by atoms with E-state index in [0.717, 1.165) is 0 Å². The molecule has 7 heteroatoms. The first kappa shape index (κ1) is 50.8. The van der Waals surface area contributed by atoms with Crippen molar-refractivity contribution in [1.82, 2.24) is 0 Å². The van der Waals surface area contributed by atoms with Gasteiger partial charge in [-0.1, -0.05) is 232 Å². The predicted molar refractivity (Wildman–Crippen MR) is 212 cm³/mol. The Morgan fingerprint density at radius 1 is 0.279 bits per heavy atom. The van der Waals surface area contributed by atoms with Crippen LogP contribution >= 0.6 is 8.60 Å². The first-order chi connectivity index (χ1) is 20.8. The lowest BCUT2D eigenvalue weighted by atomic mass is 10.4. The molecule has 0 atom stereocenters. The van der Waals surface area contributed by atoms with Crippen molar-refractivity contribution in [3.8, 4) is 0 Å². The van der Waals surface area contributed by atoms with E-state index in [0.29, 0.717) is 0 Å². The molecule has 0 amide bonds. The van der Waals surface area contributed by atoms with E-state index in [2.05, 4.69) is 62.3 Å². The van der Waals surface area contributed by atoms with E-state index in [-0.39, 0.29) is 26.4 Å². The lowest BCUT2D eigenvalue weighted by molar-refractivity contribution is 0.368. The normalized spacial score (nSPS) is 10.9. The molecule has 0 saturated carbocycles. The Balaban J connectivity index is -0.000000249. The van der Waals surface area contributed by atoms with E-state index < -0.39 is 8.60 Å². The van der Waals surface area contributed by atoms with Crippen molar-refractivity contribution in [1.29, 1.82) is 0 Å². The summed E-state index contributed by atoms with van der Waals surface area (Å²) >= 11 is 0. The summed E-state index contributed by atoms with van der Waals surface area (Å²) in [6.45, 7) is 20.9. The maximum absolute atomic E-state index is 7.23. The van der Waals surface area contributed by atoms with Crippen LogP contribution in [0.15, 0.2) is 0 Å². The summed E-state index contributed by atoms with van der Waals surface area (Å²) in [7, 11) is -3.48. The lowest BCUT2D eigenvalue weighted by Crippen LogP contribution is -2.11. The molecule has 0 rings (SSSR count). The summed E-state index contributed by atoms with van der Waals surface area (Å²) in [5, 5.41) is 0. The fourth-order valence-corrected chi connectivity index (χ4v) is 17.2. The molecular formula is C36H87O3PSi3. The smallest absolute Gasteiger partial charge is 0.324 e. The molecule has 3 nitrogen and oxygen atoms in total. The second-order valence-electron chi connectivity index (χ2n) is 13.1. The highest BCUT2D eigenvalue weighted by Crippen LogP contribution is 2.18. The molecule has 0 aliphatic heterocycles. The van der Waals surface area contributed by atoms with E-state index in [1.54, 1.807) is 54.4 Å². The van der Waals surface area contributed by atoms with E-state index in [9.17, 15) is 0 Å². The molecule has 0 fully saturated rings. The Labute approximate surface area is 281 Å². The van der Waals surface area contributed by atoms with E-state index in [4.69, 9.17) is 14.7 Å². The molecule has 0 aliphatic rings.